The molecule has 0 heterocycles. The molecular weight excluding hydrogens is 219 g/mol. The van der Waals surface area contributed by atoms with Crippen molar-refractivity contribution in [3.8, 4) is 0 Å². The van der Waals surface area contributed by atoms with Gasteiger partial charge >= 0.3 is 0 Å². The third-order valence-electron chi connectivity index (χ3n) is 2.36. The summed E-state index contributed by atoms with van der Waals surface area (Å²) in [4.78, 5) is 0. The lowest BCUT2D eigenvalue weighted by molar-refractivity contribution is 0.301. The third-order valence-corrected chi connectivity index (χ3v) is 3.05. The molecule has 0 radical (unpaired) electrons. The van der Waals surface area contributed by atoms with Crippen LogP contribution in [0.15, 0.2) is 22.7 Å². The number of fused-ring (bicyclic) bond motifs is 1. The van der Waals surface area contributed by atoms with Crippen molar-refractivity contribution >= 4 is 15.9 Å². The van der Waals surface area contributed by atoms with E-state index >= 15 is 0 Å². The van der Waals surface area contributed by atoms with Gasteiger partial charge in [0, 0.05) is 10.0 Å². The molecular formula is C10H10BrF. The molecule has 2 rings (SSSR count). The topological polar surface area (TPSA) is 0 Å². The molecule has 1 unspecified atom stereocenters. The monoisotopic (exact) mass is 228 g/mol. The lowest BCUT2D eigenvalue weighted by atomic mass is 9.90. The molecule has 0 bridgehead atoms. The first-order chi connectivity index (χ1) is 5.79. The molecule has 2 heteroatoms. The van der Waals surface area contributed by atoms with Crippen LogP contribution < -0.4 is 0 Å². The van der Waals surface area contributed by atoms with Gasteiger partial charge in [0.05, 0.1) is 0 Å². The van der Waals surface area contributed by atoms with Gasteiger partial charge in [-0.25, -0.2) is 4.39 Å². The fourth-order valence-corrected chi connectivity index (χ4v) is 2.42. The van der Waals surface area contributed by atoms with E-state index in [0.29, 0.717) is 6.42 Å². The standard InChI is InChI=1S/C10H10BrF/c11-8-5-1-3-7-4-2-6-9(12)10(7)8/h1,3,5,9H,2,4,6H2. The Morgan fingerprint density at radius 1 is 1.42 bits per heavy atom. The van der Waals surface area contributed by atoms with Crippen LogP contribution in [0.25, 0.3) is 0 Å². The van der Waals surface area contributed by atoms with Gasteiger partial charge in [-0.15, -0.1) is 0 Å². The second kappa shape index (κ2) is 3.17. The Bertz CT molecular complexity index is 296. The predicted octanol–water partition coefficient (Wildman–Crippen LogP) is 3.80. The van der Waals surface area contributed by atoms with Crippen molar-refractivity contribution in [2.45, 2.75) is 25.4 Å². The highest BCUT2D eigenvalue weighted by atomic mass is 79.9. The number of halogens is 2. The zero-order valence-corrected chi connectivity index (χ0v) is 8.27. The minimum Gasteiger partial charge on any atom is -0.242 e. The first kappa shape index (κ1) is 8.24. The molecule has 0 spiro atoms. The Kier molecular flexibility index (Phi) is 2.18. The molecule has 64 valence electrons. The van der Waals surface area contributed by atoms with Crippen molar-refractivity contribution in [1.82, 2.24) is 0 Å². The third kappa shape index (κ3) is 1.28. The molecule has 0 saturated heterocycles. The zero-order chi connectivity index (χ0) is 8.55. The summed E-state index contributed by atoms with van der Waals surface area (Å²) in [5.74, 6) is 0. The van der Waals surface area contributed by atoms with Crippen molar-refractivity contribution in [3.63, 3.8) is 0 Å². The van der Waals surface area contributed by atoms with E-state index in [-0.39, 0.29) is 0 Å². The van der Waals surface area contributed by atoms with Gasteiger partial charge in [-0.1, -0.05) is 28.1 Å². The van der Waals surface area contributed by atoms with E-state index in [9.17, 15) is 4.39 Å². The van der Waals surface area contributed by atoms with Crippen LogP contribution in [0.2, 0.25) is 0 Å². The normalized spacial score (nSPS) is 22.0. The van der Waals surface area contributed by atoms with Crippen LogP contribution in [0, 0.1) is 0 Å². The number of hydrogen-bond donors (Lipinski definition) is 0. The van der Waals surface area contributed by atoms with Gasteiger partial charge in [-0.3, -0.25) is 0 Å². The molecule has 0 saturated carbocycles. The summed E-state index contributed by atoms with van der Waals surface area (Å²) in [5, 5.41) is 0. The molecule has 0 aromatic heterocycles. The first-order valence-corrected chi connectivity index (χ1v) is 4.99. The van der Waals surface area contributed by atoms with Crippen LogP contribution in [-0.2, 0) is 6.42 Å². The molecule has 1 aromatic carbocycles. The van der Waals surface area contributed by atoms with E-state index in [1.807, 2.05) is 18.2 Å². The summed E-state index contributed by atoms with van der Waals surface area (Å²) in [6.45, 7) is 0. The van der Waals surface area contributed by atoms with Crippen LogP contribution in [0.1, 0.15) is 30.1 Å². The van der Waals surface area contributed by atoms with Crippen molar-refractivity contribution in [1.29, 1.82) is 0 Å². The van der Waals surface area contributed by atoms with Crippen molar-refractivity contribution in [2.75, 3.05) is 0 Å². The van der Waals surface area contributed by atoms with Crippen LogP contribution in [0.5, 0.6) is 0 Å². The molecule has 0 aliphatic heterocycles. The number of rotatable bonds is 0. The predicted molar refractivity (Wildman–Crippen MR) is 50.9 cm³/mol. The molecule has 1 aliphatic carbocycles. The average Bonchev–Trinajstić information content (AvgIpc) is 2.04. The van der Waals surface area contributed by atoms with Gasteiger partial charge in [0.2, 0.25) is 0 Å². The van der Waals surface area contributed by atoms with Gasteiger partial charge in [-0.05, 0) is 30.9 Å². The molecule has 0 N–H and O–H groups in total. The van der Waals surface area contributed by atoms with E-state index in [0.717, 1.165) is 22.9 Å². The lowest BCUT2D eigenvalue weighted by Crippen LogP contribution is -2.06. The highest BCUT2D eigenvalue weighted by Crippen LogP contribution is 2.37. The smallest absolute Gasteiger partial charge is 0.126 e. The average molecular weight is 229 g/mol. The van der Waals surface area contributed by atoms with Crippen molar-refractivity contribution in [3.05, 3.63) is 33.8 Å². The highest BCUT2D eigenvalue weighted by molar-refractivity contribution is 9.10. The summed E-state index contributed by atoms with van der Waals surface area (Å²) in [6.07, 6.45) is 1.92. The summed E-state index contributed by atoms with van der Waals surface area (Å²) < 4.78 is 14.3. The van der Waals surface area contributed by atoms with E-state index < -0.39 is 6.17 Å². The summed E-state index contributed by atoms with van der Waals surface area (Å²) in [6, 6.07) is 5.91. The van der Waals surface area contributed by atoms with E-state index in [2.05, 4.69) is 15.9 Å². The van der Waals surface area contributed by atoms with Gasteiger partial charge < -0.3 is 0 Å². The van der Waals surface area contributed by atoms with Crippen LogP contribution in [0.3, 0.4) is 0 Å². The van der Waals surface area contributed by atoms with Crippen molar-refractivity contribution < 1.29 is 4.39 Å². The van der Waals surface area contributed by atoms with Gasteiger partial charge in [0.1, 0.15) is 6.17 Å². The van der Waals surface area contributed by atoms with Gasteiger partial charge in [0.15, 0.2) is 0 Å². The van der Waals surface area contributed by atoms with Crippen LogP contribution in [-0.4, -0.2) is 0 Å². The summed E-state index contributed by atoms with van der Waals surface area (Å²) >= 11 is 3.38. The molecule has 0 fully saturated rings. The van der Waals surface area contributed by atoms with Crippen LogP contribution in [0.4, 0.5) is 4.39 Å². The number of hydrogen-bond acceptors (Lipinski definition) is 0. The minimum absolute atomic E-state index is 0.676. The van der Waals surface area contributed by atoms with Crippen LogP contribution >= 0.6 is 15.9 Å². The Hall–Kier alpha value is -0.370. The largest absolute Gasteiger partial charge is 0.242 e. The number of alkyl halides is 1. The zero-order valence-electron chi connectivity index (χ0n) is 6.69. The lowest BCUT2D eigenvalue weighted by Gasteiger charge is -2.20. The van der Waals surface area contributed by atoms with E-state index in [1.54, 1.807) is 0 Å². The molecule has 1 atom stereocenters. The van der Waals surface area contributed by atoms with Gasteiger partial charge in [0.25, 0.3) is 0 Å². The number of benzene rings is 1. The van der Waals surface area contributed by atoms with E-state index in [4.69, 9.17) is 0 Å². The maximum absolute atomic E-state index is 13.4. The second-order valence-electron chi connectivity index (χ2n) is 3.17. The van der Waals surface area contributed by atoms with E-state index in [1.165, 1.54) is 5.56 Å². The first-order valence-electron chi connectivity index (χ1n) is 4.20. The Morgan fingerprint density at radius 2 is 2.25 bits per heavy atom. The summed E-state index contributed by atoms with van der Waals surface area (Å²) in [5.41, 5.74) is 2.05. The van der Waals surface area contributed by atoms with Crippen molar-refractivity contribution in [2.24, 2.45) is 0 Å². The SMILES string of the molecule is FC1CCCc2cccc(Br)c21. The molecule has 0 nitrogen and oxygen atoms in total. The minimum atomic E-state index is -0.760. The fraction of sp³-hybridized carbons (Fsp3) is 0.400. The Morgan fingerprint density at radius 3 is 3.00 bits per heavy atom. The second-order valence-corrected chi connectivity index (χ2v) is 4.03. The number of aryl methyl sites for hydroxylation is 1. The Labute approximate surface area is 79.9 Å². The Balaban J connectivity index is 2.53. The maximum Gasteiger partial charge on any atom is 0.126 e. The quantitative estimate of drug-likeness (QED) is 0.634. The maximum atomic E-state index is 13.4. The fourth-order valence-electron chi connectivity index (χ4n) is 1.77. The molecule has 12 heavy (non-hydrogen) atoms. The highest BCUT2D eigenvalue weighted by Gasteiger charge is 2.21. The molecule has 1 aliphatic rings. The molecule has 1 aromatic rings. The molecule has 0 amide bonds. The summed E-state index contributed by atoms with van der Waals surface area (Å²) in [7, 11) is 0. The van der Waals surface area contributed by atoms with Gasteiger partial charge in [-0.2, -0.15) is 0 Å².